The lowest BCUT2D eigenvalue weighted by Gasteiger charge is -2.37. The Morgan fingerprint density at radius 3 is 2.09 bits per heavy atom. The third-order valence-electron chi connectivity index (χ3n) is 7.93. The van der Waals surface area contributed by atoms with Gasteiger partial charge in [-0.25, -0.2) is 9.69 Å². The molecule has 2 aromatic rings. The number of carbonyl (C=O) groups excluding carboxylic acids is 3. The Labute approximate surface area is 193 Å². The summed E-state index contributed by atoms with van der Waals surface area (Å²) in [7, 11) is 0. The molecule has 2 aromatic carbocycles. The van der Waals surface area contributed by atoms with Crippen LogP contribution in [0.15, 0.2) is 60.7 Å². The molecular formula is C28H27NO4. The van der Waals surface area contributed by atoms with Gasteiger partial charge >= 0.3 is 5.97 Å². The number of esters is 1. The van der Waals surface area contributed by atoms with Gasteiger partial charge in [0.1, 0.15) is 5.75 Å². The van der Waals surface area contributed by atoms with Crippen molar-refractivity contribution in [3.63, 3.8) is 0 Å². The van der Waals surface area contributed by atoms with Gasteiger partial charge in [0.25, 0.3) is 0 Å². The van der Waals surface area contributed by atoms with Crippen molar-refractivity contribution in [1.82, 2.24) is 0 Å². The zero-order valence-electron chi connectivity index (χ0n) is 19.0. The minimum atomic E-state index is -0.514. The number of nitrogens with zero attached hydrogens (tertiary/aromatic N) is 1. The van der Waals surface area contributed by atoms with Crippen LogP contribution in [0.2, 0.25) is 0 Å². The normalized spacial score (nSPS) is 31.4. The molecule has 2 bridgehead atoms. The van der Waals surface area contributed by atoms with Crippen LogP contribution in [0.3, 0.4) is 0 Å². The van der Waals surface area contributed by atoms with E-state index >= 15 is 0 Å². The van der Waals surface area contributed by atoms with Gasteiger partial charge in [0.05, 0.1) is 23.1 Å². The summed E-state index contributed by atoms with van der Waals surface area (Å²) in [6, 6.07) is 14.1. The molecule has 6 atom stereocenters. The van der Waals surface area contributed by atoms with E-state index in [4.69, 9.17) is 4.74 Å². The Morgan fingerprint density at radius 1 is 0.909 bits per heavy atom. The molecule has 5 heteroatoms. The first kappa shape index (κ1) is 20.4. The maximum absolute atomic E-state index is 13.3. The maximum Gasteiger partial charge on any atom is 0.343 e. The third kappa shape index (κ3) is 3.09. The monoisotopic (exact) mass is 441 g/mol. The average molecular weight is 442 g/mol. The zero-order chi connectivity index (χ0) is 23.1. The predicted molar refractivity (Wildman–Crippen MR) is 124 cm³/mol. The number of hydrogen-bond donors (Lipinski definition) is 0. The van der Waals surface area contributed by atoms with E-state index in [0.29, 0.717) is 28.8 Å². The number of carbonyl (C=O) groups is 3. The van der Waals surface area contributed by atoms with Crippen molar-refractivity contribution in [2.45, 2.75) is 32.6 Å². The second-order valence-corrected chi connectivity index (χ2v) is 10.9. The lowest BCUT2D eigenvalue weighted by atomic mass is 9.63. The fraction of sp³-hybridized carbons (Fsp3) is 0.393. The molecule has 0 aromatic heterocycles. The fourth-order valence-corrected chi connectivity index (χ4v) is 6.17. The molecule has 2 saturated carbocycles. The molecule has 33 heavy (non-hydrogen) atoms. The Bertz CT molecular complexity index is 1170. The first-order chi connectivity index (χ1) is 15.7. The molecular weight excluding hydrogens is 414 g/mol. The highest BCUT2D eigenvalue weighted by molar-refractivity contribution is 6.23. The van der Waals surface area contributed by atoms with Crippen molar-refractivity contribution in [1.29, 1.82) is 0 Å². The van der Waals surface area contributed by atoms with E-state index in [1.54, 1.807) is 36.4 Å². The van der Waals surface area contributed by atoms with Crippen LogP contribution in [0, 0.1) is 35.5 Å². The topological polar surface area (TPSA) is 63.7 Å². The van der Waals surface area contributed by atoms with Gasteiger partial charge in [-0.15, -0.1) is 0 Å². The van der Waals surface area contributed by atoms with Crippen molar-refractivity contribution < 1.29 is 19.1 Å². The van der Waals surface area contributed by atoms with Crippen molar-refractivity contribution in [2.24, 2.45) is 35.5 Å². The van der Waals surface area contributed by atoms with E-state index < -0.39 is 5.97 Å². The molecule has 0 spiro atoms. The second-order valence-electron chi connectivity index (χ2n) is 10.9. The molecule has 1 aliphatic heterocycles. The summed E-state index contributed by atoms with van der Waals surface area (Å²) < 4.78 is 5.56. The summed E-state index contributed by atoms with van der Waals surface area (Å²) in [5, 5.41) is 0. The predicted octanol–water partition coefficient (Wildman–Crippen LogP) is 4.76. The van der Waals surface area contributed by atoms with E-state index in [1.807, 2.05) is 12.1 Å². The molecule has 0 N–H and O–H groups in total. The van der Waals surface area contributed by atoms with Gasteiger partial charge in [0.2, 0.25) is 11.8 Å². The summed E-state index contributed by atoms with van der Waals surface area (Å²) in [5.41, 5.74) is 1.92. The molecule has 6 unspecified atom stereocenters. The molecule has 1 saturated heterocycles. The number of ether oxygens (including phenoxy) is 1. The first-order valence-electron chi connectivity index (χ1n) is 11.7. The minimum Gasteiger partial charge on any atom is -0.423 e. The summed E-state index contributed by atoms with van der Waals surface area (Å²) in [5.74, 6) is 0.649. The Morgan fingerprint density at radius 2 is 1.52 bits per heavy atom. The van der Waals surface area contributed by atoms with Crippen molar-refractivity contribution in [3.05, 3.63) is 71.8 Å². The average Bonchev–Trinajstić information content (AvgIpc) is 3.57. The van der Waals surface area contributed by atoms with Crippen molar-refractivity contribution in [3.8, 4) is 5.75 Å². The number of anilines is 1. The van der Waals surface area contributed by atoms with Crippen LogP contribution >= 0.6 is 0 Å². The van der Waals surface area contributed by atoms with Gasteiger partial charge in [-0.2, -0.15) is 0 Å². The summed E-state index contributed by atoms with van der Waals surface area (Å²) >= 11 is 0. The molecule has 7 rings (SSSR count). The SMILES string of the molecule is CC(C)(C)c1ccc(OC(=O)c2cccc(N3C(=O)C4C5C=CC(C6CC56)C4C3=O)c2)cc1. The lowest BCUT2D eigenvalue weighted by molar-refractivity contribution is -0.124. The van der Waals surface area contributed by atoms with Gasteiger partial charge < -0.3 is 4.74 Å². The molecule has 1 heterocycles. The molecule has 0 radical (unpaired) electrons. The first-order valence-corrected chi connectivity index (χ1v) is 11.7. The number of allylic oxidation sites excluding steroid dienone is 2. The van der Waals surface area contributed by atoms with Crippen LogP contribution in [0.5, 0.6) is 5.75 Å². The Kier molecular flexibility index (Phi) is 4.26. The van der Waals surface area contributed by atoms with E-state index in [1.165, 1.54) is 4.90 Å². The number of benzene rings is 2. The third-order valence-corrected chi connectivity index (χ3v) is 7.93. The summed E-state index contributed by atoms with van der Waals surface area (Å²) in [6.07, 6.45) is 5.45. The molecule has 3 fully saturated rings. The van der Waals surface area contributed by atoms with Crippen LogP contribution in [0.4, 0.5) is 5.69 Å². The highest BCUT2D eigenvalue weighted by Crippen LogP contribution is 2.65. The molecule has 2 amide bonds. The van der Waals surface area contributed by atoms with Gasteiger partial charge in [0.15, 0.2) is 0 Å². The lowest BCUT2D eigenvalue weighted by Crippen LogP contribution is -2.40. The van der Waals surface area contributed by atoms with Crippen LogP contribution in [-0.4, -0.2) is 17.8 Å². The quantitative estimate of drug-likeness (QED) is 0.298. The van der Waals surface area contributed by atoms with Gasteiger partial charge in [-0.05, 0) is 71.4 Å². The summed E-state index contributed by atoms with van der Waals surface area (Å²) in [6.45, 7) is 6.38. The largest absolute Gasteiger partial charge is 0.423 e. The number of rotatable bonds is 3. The Hall–Kier alpha value is -3.21. The maximum atomic E-state index is 13.3. The molecule has 5 nitrogen and oxygen atoms in total. The zero-order valence-corrected chi connectivity index (χ0v) is 19.0. The molecule has 168 valence electrons. The van der Waals surface area contributed by atoms with Crippen LogP contribution in [0.1, 0.15) is 43.1 Å². The molecule has 5 aliphatic rings. The van der Waals surface area contributed by atoms with Crippen LogP contribution in [0.25, 0.3) is 0 Å². The highest BCUT2D eigenvalue weighted by Gasteiger charge is 2.67. The van der Waals surface area contributed by atoms with E-state index in [-0.39, 0.29) is 40.9 Å². The Balaban J connectivity index is 1.23. The summed E-state index contributed by atoms with van der Waals surface area (Å²) in [4.78, 5) is 40.8. The van der Waals surface area contributed by atoms with Gasteiger partial charge in [-0.3, -0.25) is 9.59 Å². The van der Waals surface area contributed by atoms with E-state index in [9.17, 15) is 14.4 Å². The standard InChI is InChI=1S/C28H27NO4/c1-28(2,3)16-7-9-18(10-8-16)33-27(32)15-5-4-6-17(13-15)29-25(30)23-19-11-12-20(22-14-21(19)22)24(23)26(29)31/h4-13,19-24H,14H2,1-3H3. The van der Waals surface area contributed by atoms with E-state index in [0.717, 1.165) is 12.0 Å². The second kappa shape index (κ2) is 6.89. The van der Waals surface area contributed by atoms with Gasteiger partial charge in [-0.1, -0.05) is 51.1 Å². The highest BCUT2D eigenvalue weighted by atomic mass is 16.5. The fourth-order valence-electron chi connectivity index (χ4n) is 6.17. The van der Waals surface area contributed by atoms with Crippen LogP contribution < -0.4 is 9.64 Å². The number of imide groups is 1. The van der Waals surface area contributed by atoms with Crippen molar-refractivity contribution in [2.75, 3.05) is 4.90 Å². The van der Waals surface area contributed by atoms with E-state index in [2.05, 4.69) is 32.9 Å². The number of amides is 2. The minimum absolute atomic E-state index is 0.0123. The van der Waals surface area contributed by atoms with Crippen LogP contribution in [-0.2, 0) is 15.0 Å². The van der Waals surface area contributed by atoms with Gasteiger partial charge in [0, 0.05) is 0 Å². The smallest absolute Gasteiger partial charge is 0.343 e. The van der Waals surface area contributed by atoms with Crippen molar-refractivity contribution >= 4 is 23.5 Å². The molecule has 4 aliphatic carbocycles. The number of hydrogen-bond acceptors (Lipinski definition) is 4.